The second-order valence-electron chi connectivity index (χ2n) is 6.64. The number of nitrogens with zero attached hydrogens (tertiary/aromatic N) is 2. The van der Waals surface area contributed by atoms with Crippen LogP contribution in [0.2, 0.25) is 0 Å². The van der Waals surface area contributed by atoms with Gasteiger partial charge in [0.05, 0.1) is 11.1 Å². The number of hydrogen-bond donors (Lipinski definition) is 0. The van der Waals surface area contributed by atoms with E-state index in [0.29, 0.717) is 0 Å². The Morgan fingerprint density at radius 2 is 1.69 bits per heavy atom. The highest BCUT2D eigenvalue weighted by Crippen LogP contribution is 2.37. The van der Waals surface area contributed by atoms with E-state index in [2.05, 4.69) is 65.9 Å². The van der Waals surface area contributed by atoms with E-state index in [1.165, 1.54) is 5.56 Å². The van der Waals surface area contributed by atoms with Crippen LogP contribution in [0.25, 0.3) is 39.0 Å². The number of imidazole rings is 1. The van der Waals surface area contributed by atoms with Gasteiger partial charge in [0.2, 0.25) is 0 Å². The van der Waals surface area contributed by atoms with E-state index in [9.17, 15) is 0 Å². The Hall–Kier alpha value is -3.33. The summed E-state index contributed by atoms with van der Waals surface area (Å²) >= 11 is 0. The molecule has 3 heteroatoms. The molecule has 0 spiro atoms. The Bertz CT molecular complexity index is 1250. The minimum absolute atomic E-state index is 0.905. The quantitative estimate of drug-likeness (QED) is 0.392. The molecule has 0 aliphatic carbocycles. The second-order valence-corrected chi connectivity index (χ2v) is 6.64. The fourth-order valence-corrected chi connectivity index (χ4v) is 3.71. The second kappa shape index (κ2) is 5.60. The number of aromatic nitrogens is 2. The summed E-state index contributed by atoms with van der Waals surface area (Å²) in [7, 11) is 0. The van der Waals surface area contributed by atoms with Crippen molar-refractivity contribution in [1.29, 1.82) is 0 Å². The molecular weight excluding hydrogens is 320 g/mol. The van der Waals surface area contributed by atoms with Crippen LogP contribution in [0.5, 0.6) is 0 Å². The lowest BCUT2D eigenvalue weighted by Gasteiger charge is -2.12. The van der Waals surface area contributed by atoms with Gasteiger partial charge >= 0.3 is 0 Å². The van der Waals surface area contributed by atoms with Gasteiger partial charge in [-0.3, -0.25) is 4.57 Å². The molecule has 0 atom stereocenters. The predicted molar refractivity (Wildman–Crippen MR) is 106 cm³/mol. The zero-order valence-electron chi connectivity index (χ0n) is 14.7. The number of para-hydroxylation sites is 1. The smallest absolute Gasteiger partial charge is 0.144 e. The van der Waals surface area contributed by atoms with E-state index in [-0.39, 0.29) is 0 Å². The molecule has 0 aliphatic heterocycles. The molecule has 0 saturated carbocycles. The Kier molecular flexibility index (Phi) is 3.22. The first-order valence-corrected chi connectivity index (χ1v) is 8.74. The maximum absolute atomic E-state index is 6.19. The summed E-state index contributed by atoms with van der Waals surface area (Å²) in [5.74, 6) is 0.934. The largest absolute Gasteiger partial charge is 0.456 e. The molecule has 26 heavy (non-hydrogen) atoms. The molecule has 2 heterocycles. The van der Waals surface area contributed by atoms with E-state index in [1.54, 1.807) is 0 Å². The summed E-state index contributed by atoms with van der Waals surface area (Å²) in [6.07, 6.45) is 3.88. The van der Waals surface area contributed by atoms with Crippen LogP contribution < -0.4 is 0 Å². The monoisotopic (exact) mass is 338 g/mol. The van der Waals surface area contributed by atoms with Crippen molar-refractivity contribution in [3.8, 4) is 17.1 Å². The summed E-state index contributed by atoms with van der Waals surface area (Å²) in [5, 5.41) is 2.28. The lowest BCUT2D eigenvalue weighted by atomic mass is 10.0. The SMILES string of the molecule is Cc1ccc2oc3c(C)cccc3c2c1-n1ccnc1-c1ccccc1. The third kappa shape index (κ3) is 2.10. The molecule has 3 nitrogen and oxygen atoms in total. The Morgan fingerprint density at radius 3 is 2.54 bits per heavy atom. The number of furan rings is 1. The molecule has 3 aromatic carbocycles. The molecule has 0 saturated heterocycles. The van der Waals surface area contributed by atoms with Gasteiger partial charge in [-0.15, -0.1) is 0 Å². The zero-order chi connectivity index (χ0) is 17.7. The van der Waals surface area contributed by atoms with E-state index in [0.717, 1.165) is 44.6 Å². The fraction of sp³-hybridized carbons (Fsp3) is 0.0870. The first kappa shape index (κ1) is 15.0. The van der Waals surface area contributed by atoms with Crippen LogP contribution in [0.1, 0.15) is 11.1 Å². The maximum atomic E-state index is 6.19. The van der Waals surface area contributed by atoms with Gasteiger partial charge in [-0.05, 0) is 31.0 Å². The molecule has 0 aliphatic rings. The minimum atomic E-state index is 0.905. The topological polar surface area (TPSA) is 31.0 Å². The van der Waals surface area contributed by atoms with E-state index < -0.39 is 0 Å². The first-order chi connectivity index (χ1) is 12.7. The molecule has 0 radical (unpaired) electrons. The number of benzene rings is 3. The predicted octanol–water partition coefficient (Wildman–Crippen LogP) is 6.06. The summed E-state index contributed by atoms with van der Waals surface area (Å²) < 4.78 is 8.36. The zero-order valence-corrected chi connectivity index (χ0v) is 14.7. The van der Waals surface area contributed by atoms with E-state index in [1.807, 2.05) is 30.6 Å². The standard InChI is InChI=1S/C23H18N2O/c1-15-11-12-19-20(18-10-6-7-16(2)22(18)26-19)21(15)25-14-13-24-23(25)17-8-4-3-5-9-17/h3-14H,1-2H3. The lowest BCUT2D eigenvalue weighted by molar-refractivity contribution is 0.665. The van der Waals surface area contributed by atoms with Crippen molar-refractivity contribution in [2.24, 2.45) is 0 Å². The van der Waals surface area contributed by atoms with Crippen LogP contribution in [0.3, 0.4) is 0 Å². The van der Waals surface area contributed by atoms with Crippen LogP contribution in [-0.2, 0) is 0 Å². The Balaban J connectivity index is 1.89. The van der Waals surface area contributed by atoms with Crippen molar-refractivity contribution in [2.45, 2.75) is 13.8 Å². The Morgan fingerprint density at radius 1 is 0.846 bits per heavy atom. The van der Waals surface area contributed by atoms with Gasteiger partial charge in [-0.2, -0.15) is 0 Å². The lowest BCUT2D eigenvalue weighted by Crippen LogP contribution is -1.99. The van der Waals surface area contributed by atoms with Crippen molar-refractivity contribution in [3.63, 3.8) is 0 Å². The summed E-state index contributed by atoms with van der Waals surface area (Å²) in [4.78, 5) is 4.63. The van der Waals surface area contributed by atoms with Crippen LogP contribution >= 0.6 is 0 Å². The van der Waals surface area contributed by atoms with Gasteiger partial charge in [0, 0.05) is 23.3 Å². The first-order valence-electron chi connectivity index (χ1n) is 8.74. The molecule has 0 fully saturated rings. The summed E-state index contributed by atoms with van der Waals surface area (Å²) in [6, 6.07) is 20.8. The van der Waals surface area contributed by atoms with Gasteiger partial charge < -0.3 is 4.42 Å². The number of hydrogen-bond acceptors (Lipinski definition) is 2. The molecule has 0 bridgehead atoms. The summed E-state index contributed by atoms with van der Waals surface area (Å²) in [6.45, 7) is 4.22. The number of aryl methyl sites for hydroxylation is 2. The highest BCUT2D eigenvalue weighted by Gasteiger charge is 2.18. The molecule has 5 aromatic rings. The van der Waals surface area contributed by atoms with Crippen LogP contribution in [0, 0.1) is 13.8 Å². The maximum Gasteiger partial charge on any atom is 0.144 e. The normalized spacial score (nSPS) is 11.5. The van der Waals surface area contributed by atoms with E-state index in [4.69, 9.17) is 4.42 Å². The molecule has 0 unspecified atom stereocenters. The fourth-order valence-electron chi connectivity index (χ4n) is 3.71. The van der Waals surface area contributed by atoms with Crippen molar-refractivity contribution in [1.82, 2.24) is 9.55 Å². The highest BCUT2D eigenvalue weighted by molar-refractivity contribution is 6.10. The third-order valence-electron chi connectivity index (χ3n) is 4.95. The van der Waals surface area contributed by atoms with Gasteiger partial charge in [0.15, 0.2) is 0 Å². The third-order valence-corrected chi connectivity index (χ3v) is 4.95. The number of rotatable bonds is 2. The average molecular weight is 338 g/mol. The number of fused-ring (bicyclic) bond motifs is 3. The molecule has 2 aromatic heterocycles. The molecular formula is C23H18N2O. The van der Waals surface area contributed by atoms with Gasteiger partial charge in [0.1, 0.15) is 17.0 Å². The van der Waals surface area contributed by atoms with Crippen LogP contribution in [0.4, 0.5) is 0 Å². The van der Waals surface area contributed by atoms with Crippen molar-refractivity contribution >= 4 is 21.9 Å². The van der Waals surface area contributed by atoms with Crippen molar-refractivity contribution < 1.29 is 4.42 Å². The molecule has 0 amide bonds. The van der Waals surface area contributed by atoms with Crippen LogP contribution in [0.15, 0.2) is 77.5 Å². The van der Waals surface area contributed by atoms with Gasteiger partial charge in [0.25, 0.3) is 0 Å². The summed E-state index contributed by atoms with van der Waals surface area (Å²) in [5.41, 5.74) is 6.42. The van der Waals surface area contributed by atoms with Crippen LogP contribution in [-0.4, -0.2) is 9.55 Å². The van der Waals surface area contributed by atoms with E-state index >= 15 is 0 Å². The molecule has 5 rings (SSSR count). The average Bonchev–Trinajstić information content (AvgIpc) is 3.28. The molecule has 0 N–H and O–H groups in total. The van der Waals surface area contributed by atoms with Crippen molar-refractivity contribution in [3.05, 3.63) is 84.2 Å². The van der Waals surface area contributed by atoms with Gasteiger partial charge in [-0.1, -0.05) is 54.6 Å². The van der Waals surface area contributed by atoms with Crippen molar-refractivity contribution in [2.75, 3.05) is 0 Å². The molecule has 126 valence electrons. The Labute approximate surface area is 151 Å². The highest BCUT2D eigenvalue weighted by atomic mass is 16.3. The van der Waals surface area contributed by atoms with Gasteiger partial charge in [-0.25, -0.2) is 4.98 Å². The minimum Gasteiger partial charge on any atom is -0.456 e.